The number of nitrogens with one attached hydrogen (secondary N) is 1. The molecule has 0 spiro atoms. The largest absolute Gasteiger partial charge is 0.411 e. The van der Waals surface area contributed by atoms with Crippen LogP contribution in [0.1, 0.15) is 20.3 Å². The Labute approximate surface area is 86.7 Å². The Kier molecular flexibility index (Phi) is 6.26. The molecule has 0 bridgehead atoms. The number of ether oxygens (including phenoxy) is 1. The lowest BCUT2D eigenvalue weighted by Gasteiger charge is -2.09. The Hall–Kier alpha value is -0.820. The molecule has 90 valence electrons. The highest BCUT2D eigenvalue weighted by Gasteiger charge is 2.27. The maximum absolute atomic E-state index is 11.7. The van der Waals surface area contributed by atoms with Crippen molar-refractivity contribution in [1.29, 1.82) is 0 Å². The van der Waals surface area contributed by atoms with E-state index in [-0.39, 0.29) is 19.1 Å². The smallest absolute Gasteiger partial charge is 0.372 e. The van der Waals surface area contributed by atoms with Gasteiger partial charge in [0.05, 0.1) is 6.61 Å². The summed E-state index contributed by atoms with van der Waals surface area (Å²) < 4.78 is 39.4. The molecule has 0 radical (unpaired) electrons. The third-order valence-electron chi connectivity index (χ3n) is 1.33. The highest BCUT2D eigenvalue weighted by atomic mass is 19.4. The van der Waals surface area contributed by atoms with Crippen LogP contribution in [0.4, 0.5) is 13.2 Å². The van der Waals surface area contributed by atoms with Crippen LogP contribution in [-0.2, 0) is 4.74 Å². The van der Waals surface area contributed by atoms with E-state index in [1.54, 1.807) is 0 Å². The maximum atomic E-state index is 11.7. The van der Waals surface area contributed by atoms with Crippen molar-refractivity contribution in [2.24, 2.45) is 10.8 Å². The number of hydrogen-bond acceptors (Lipinski definition) is 3. The first kappa shape index (κ1) is 14.2. The first-order valence-corrected chi connectivity index (χ1v) is 4.53. The van der Waals surface area contributed by atoms with Gasteiger partial charge in [-0.1, -0.05) is 0 Å². The molecule has 15 heavy (non-hydrogen) atoms. The Balaban J connectivity index is 3.74. The molecule has 0 aromatic heterocycles. The van der Waals surface area contributed by atoms with Crippen LogP contribution >= 0.6 is 0 Å². The predicted octanol–water partition coefficient (Wildman–Crippen LogP) is 1.23. The maximum Gasteiger partial charge on any atom is 0.411 e. The van der Waals surface area contributed by atoms with Gasteiger partial charge in [0.1, 0.15) is 12.4 Å². The second-order valence-electron chi connectivity index (χ2n) is 3.23. The molecule has 4 nitrogen and oxygen atoms in total. The molecule has 0 rings (SSSR count). The zero-order valence-electron chi connectivity index (χ0n) is 8.77. The fourth-order valence-corrected chi connectivity index (χ4v) is 0.842. The lowest BCUT2D eigenvalue weighted by atomic mass is 10.3. The summed E-state index contributed by atoms with van der Waals surface area (Å²) in [7, 11) is 0. The van der Waals surface area contributed by atoms with Gasteiger partial charge in [0.25, 0.3) is 0 Å². The molecule has 0 aliphatic heterocycles. The Bertz CT molecular complexity index is 204. The first-order chi connectivity index (χ1) is 6.85. The Morgan fingerprint density at radius 3 is 2.47 bits per heavy atom. The summed E-state index contributed by atoms with van der Waals surface area (Å²) in [5.74, 6) is 5.57. The normalized spacial score (nSPS) is 13.4. The third-order valence-corrected chi connectivity index (χ3v) is 1.33. The van der Waals surface area contributed by atoms with Crippen LogP contribution in [-0.4, -0.2) is 31.3 Å². The fraction of sp³-hybridized carbons (Fsp3) is 0.875. The summed E-state index contributed by atoms with van der Waals surface area (Å²) in [5.41, 5.74) is 2.32. The molecule has 0 aliphatic rings. The zero-order chi connectivity index (χ0) is 11.9. The fourth-order valence-electron chi connectivity index (χ4n) is 0.842. The molecule has 0 heterocycles. The number of hydrogen-bond donors (Lipinski definition) is 2. The SMILES string of the molecule is CC(C)N=C(CCOCC(F)(F)F)NN. The summed E-state index contributed by atoms with van der Waals surface area (Å²) in [5, 5.41) is 0. The minimum Gasteiger partial charge on any atom is -0.372 e. The van der Waals surface area contributed by atoms with Gasteiger partial charge in [0.2, 0.25) is 0 Å². The summed E-state index contributed by atoms with van der Waals surface area (Å²) in [6.07, 6.45) is -4.05. The quantitative estimate of drug-likeness (QED) is 0.244. The standard InChI is InChI=1S/C8H16F3N3O/c1-6(2)13-7(14-12)3-4-15-5-8(9,10)11/h6H,3-5,12H2,1-2H3,(H,13,14). The van der Waals surface area contributed by atoms with Crippen molar-refractivity contribution in [3.63, 3.8) is 0 Å². The number of hydrazine groups is 1. The van der Waals surface area contributed by atoms with Crippen molar-refractivity contribution >= 4 is 5.84 Å². The molecular weight excluding hydrogens is 211 g/mol. The van der Waals surface area contributed by atoms with Crippen LogP contribution in [0.15, 0.2) is 4.99 Å². The number of alkyl halides is 3. The van der Waals surface area contributed by atoms with E-state index in [0.717, 1.165) is 0 Å². The minimum absolute atomic E-state index is 0.0404. The summed E-state index contributed by atoms with van der Waals surface area (Å²) in [6.45, 7) is 2.38. The number of nitrogens with two attached hydrogens (primary N) is 1. The van der Waals surface area contributed by atoms with Gasteiger partial charge >= 0.3 is 6.18 Å². The molecule has 0 unspecified atom stereocenters. The third kappa shape index (κ3) is 9.48. The van der Waals surface area contributed by atoms with Crippen LogP contribution in [0.3, 0.4) is 0 Å². The van der Waals surface area contributed by atoms with Crippen LogP contribution in [0, 0.1) is 0 Å². The van der Waals surface area contributed by atoms with Crippen LogP contribution in [0.25, 0.3) is 0 Å². The first-order valence-electron chi connectivity index (χ1n) is 4.53. The number of nitrogens with zero attached hydrogens (tertiary/aromatic N) is 1. The van der Waals surface area contributed by atoms with Gasteiger partial charge in [-0.05, 0) is 13.8 Å². The van der Waals surface area contributed by atoms with E-state index in [0.29, 0.717) is 5.84 Å². The van der Waals surface area contributed by atoms with E-state index in [1.165, 1.54) is 0 Å². The van der Waals surface area contributed by atoms with E-state index < -0.39 is 12.8 Å². The van der Waals surface area contributed by atoms with Gasteiger partial charge in [0, 0.05) is 12.5 Å². The van der Waals surface area contributed by atoms with Crippen LogP contribution < -0.4 is 11.3 Å². The van der Waals surface area contributed by atoms with E-state index in [9.17, 15) is 13.2 Å². The summed E-state index contributed by atoms with van der Waals surface area (Å²) in [6, 6.07) is 0.0404. The van der Waals surface area contributed by atoms with E-state index in [4.69, 9.17) is 5.84 Å². The minimum atomic E-state index is -4.29. The number of amidine groups is 1. The molecule has 0 aliphatic carbocycles. The Morgan fingerprint density at radius 2 is 2.07 bits per heavy atom. The molecule has 0 aromatic rings. The average Bonchev–Trinajstić information content (AvgIpc) is 2.08. The highest BCUT2D eigenvalue weighted by Crippen LogP contribution is 2.14. The molecule has 0 saturated carbocycles. The molecule has 0 fully saturated rings. The summed E-state index contributed by atoms with van der Waals surface area (Å²) in [4.78, 5) is 4.05. The number of aliphatic imine (C=N–C) groups is 1. The molecule has 0 atom stereocenters. The van der Waals surface area contributed by atoms with Crippen molar-refractivity contribution < 1.29 is 17.9 Å². The van der Waals surface area contributed by atoms with E-state index in [2.05, 4.69) is 15.2 Å². The van der Waals surface area contributed by atoms with Gasteiger partial charge in [0.15, 0.2) is 0 Å². The molecule has 0 amide bonds. The van der Waals surface area contributed by atoms with Gasteiger partial charge in [-0.25, -0.2) is 5.84 Å². The zero-order valence-corrected chi connectivity index (χ0v) is 8.77. The lowest BCUT2D eigenvalue weighted by Crippen LogP contribution is -2.32. The molecule has 0 saturated heterocycles. The highest BCUT2D eigenvalue weighted by molar-refractivity contribution is 5.81. The van der Waals surface area contributed by atoms with E-state index in [1.807, 2.05) is 13.8 Å². The van der Waals surface area contributed by atoms with Gasteiger partial charge in [-0.15, -0.1) is 0 Å². The predicted molar refractivity (Wildman–Crippen MR) is 51.4 cm³/mol. The molecule has 3 N–H and O–H groups in total. The monoisotopic (exact) mass is 227 g/mol. The molecular formula is C8H16F3N3O. The Morgan fingerprint density at radius 1 is 1.47 bits per heavy atom. The van der Waals surface area contributed by atoms with Crippen molar-refractivity contribution in [2.75, 3.05) is 13.2 Å². The topological polar surface area (TPSA) is 59.6 Å². The van der Waals surface area contributed by atoms with Gasteiger partial charge < -0.3 is 10.2 Å². The molecule has 7 heteroatoms. The number of rotatable bonds is 5. The van der Waals surface area contributed by atoms with Gasteiger partial charge in [-0.3, -0.25) is 4.99 Å². The van der Waals surface area contributed by atoms with Crippen LogP contribution in [0.5, 0.6) is 0 Å². The summed E-state index contributed by atoms with van der Waals surface area (Å²) >= 11 is 0. The lowest BCUT2D eigenvalue weighted by molar-refractivity contribution is -0.173. The van der Waals surface area contributed by atoms with Crippen molar-refractivity contribution in [1.82, 2.24) is 5.43 Å². The van der Waals surface area contributed by atoms with Crippen molar-refractivity contribution in [3.8, 4) is 0 Å². The average molecular weight is 227 g/mol. The second kappa shape index (κ2) is 6.62. The van der Waals surface area contributed by atoms with Gasteiger partial charge in [-0.2, -0.15) is 13.2 Å². The van der Waals surface area contributed by atoms with Crippen LogP contribution in [0.2, 0.25) is 0 Å². The number of halogens is 3. The second-order valence-corrected chi connectivity index (χ2v) is 3.23. The van der Waals surface area contributed by atoms with Crippen molar-refractivity contribution in [2.45, 2.75) is 32.5 Å². The molecule has 0 aromatic carbocycles. The van der Waals surface area contributed by atoms with E-state index >= 15 is 0 Å². The van der Waals surface area contributed by atoms with Crippen molar-refractivity contribution in [3.05, 3.63) is 0 Å².